The molecular weight excluding hydrogens is 221 g/mol. The molecular formula is C10H9ClFNO2. The van der Waals surface area contributed by atoms with Crippen molar-refractivity contribution in [2.24, 2.45) is 0 Å². The monoisotopic (exact) mass is 229 g/mol. The van der Waals surface area contributed by atoms with Crippen molar-refractivity contribution in [3.05, 3.63) is 29.0 Å². The van der Waals surface area contributed by atoms with Gasteiger partial charge in [0.05, 0.1) is 5.02 Å². The van der Waals surface area contributed by atoms with E-state index in [1.54, 1.807) is 0 Å². The number of hydrogen-bond acceptors (Lipinski definition) is 2. The molecule has 2 rings (SSSR count). The molecule has 1 aliphatic rings. The van der Waals surface area contributed by atoms with Crippen molar-refractivity contribution in [3.63, 3.8) is 0 Å². The molecule has 3 nitrogen and oxygen atoms in total. The summed E-state index contributed by atoms with van der Waals surface area (Å²) < 4.78 is 18.4. The van der Waals surface area contributed by atoms with E-state index in [-0.39, 0.29) is 10.9 Å². The Kier molecular flexibility index (Phi) is 2.77. The summed E-state index contributed by atoms with van der Waals surface area (Å²) >= 11 is 5.52. The van der Waals surface area contributed by atoms with E-state index in [2.05, 4.69) is 5.32 Å². The quantitative estimate of drug-likeness (QED) is 0.839. The molecule has 15 heavy (non-hydrogen) atoms. The van der Waals surface area contributed by atoms with Gasteiger partial charge in [-0.15, -0.1) is 0 Å². The zero-order chi connectivity index (χ0) is 10.8. The molecule has 1 fully saturated rings. The summed E-state index contributed by atoms with van der Waals surface area (Å²) in [6.45, 7) is 0.597. The molecule has 0 spiro atoms. The number of hydrogen-bond donors (Lipinski definition) is 1. The highest BCUT2D eigenvalue weighted by Gasteiger charge is 2.25. The third-order valence-electron chi connectivity index (χ3n) is 2.17. The molecule has 1 amide bonds. The molecule has 1 saturated heterocycles. The van der Waals surface area contributed by atoms with E-state index in [1.807, 2.05) is 0 Å². The Hall–Kier alpha value is -1.29. The van der Waals surface area contributed by atoms with Crippen LogP contribution in [0.15, 0.2) is 18.2 Å². The molecule has 1 aliphatic heterocycles. The first-order valence-corrected chi connectivity index (χ1v) is 4.94. The van der Waals surface area contributed by atoms with Crippen molar-refractivity contribution in [1.82, 2.24) is 5.32 Å². The van der Waals surface area contributed by atoms with Crippen LogP contribution < -0.4 is 10.1 Å². The second kappa shape index (κ2) is 4.06. The van der Waals surface area contributed by atoms with E-state index < -0.39 is 11.9 Å². The lowest BCUT2D eigenvalue weighted by Crippen LogP contribution is -2.27. The van der Waals surface area contributed by atoms with E-state index in [0.29, 0.717) is 18.7 Å². The Morgan fingerprint density at radius 2 is 2.33 bits per heavy atom. The topological polar surface area (TPSA) is 38.3 Å². The lowest BCUT2D eigenvalue weighted by atomic mass is 10.3. The standard InChI is InChI=1S/C10H9ClFNO2/c11-7-2-1-6(5-8(7)12)15-9-3-4-13-10(9)14/h1-2,5,9H,3-4H2,(H,13,14). The van der Waals surface area contributed by atoms with Crippen molar-refractivity contribution < 1.29 is 13.9 Å². The lowest BCUT2D eigenvalue weighted by molar-refractivity contribution is -0.124. The van der Waals surface area contributed by atoms with Crippen LogP contribution in [0.4, 0.5) is 4.39 Å². The summed E-state index contributed by atoms with van der Waals surface area (Å²) in [6.07, 6.45) is 0.0777. The predicted molar refractivity (Wildman–Crippen MR) is 53.5 cm³/mol. The number of rotatable bonds is 2. The van der Waals surface area contributed by atoms with Gasteiger partial charge in [-0.2, -0.15) is 0 Å². The maximum atomic E-state index is 13.0. The molecule has 0 saturated carbocycles. The van der Waals surface area contributed by atoms with Crippen LogP contribution in [0.1, 0.15) is 6.42 Å². The fraction of sp³-hybridized carbons (Fsp3) is 0.300. The molecule has 1 aromatic carbocycles. The maximum absolute atomic E-state index is 13.0. The smallest absolute Gasteiger partial charge is 0.261 e. The molecule has 1 aromatic rings. The summed E-state index contributed by atoms with van der Waals surface area (Å²) in [6, 6.07) is 4.12. The van der Waals surface area contributed by atoms with Gasteiger partial charge in [-0.25, -0.2) is 4.39 Å². The van der Waals surface area contributed by atoms with Crippen molar-refractivity contribution in [2.75, 3.05) is 6.54 Å². The van der Waals surface area contributed by atoms with Gasteiger partial charge in [0.1, 0.15) is 11.6 Å². The minimum Gasteiger partial charge on any atom is -0.480 e. The molecule has 0 bridgehead atoms. The average molecular weight is 230 g/mol. The number of carbonyl (C=O) groups excluding carboxylic acids is 1. The molecule has 1 atom stereocenters. The highest BCUT2D eigenvalue weighted by atomic mass is 35.5. The van der Waals surface area contributed by atoms with Crippen LogP contribution in [-0.2, 0) is 4.79 Å². The first kappa shape index (κ1) is 10.2. The van der Waals surface area contributed by atoms with Gasteiger partial charge in [0.15, 0.2) is 6.10 Å². The van der Waals surface area contributed by atoms with Crippen molar-refractivity contribution in [3.8, 4) is 5.75 Å². The lowest BCUT2D eigenvalue weighted by Gasteiger charge is -2.10. The van der Waals surface area contributed by atoms with E-state index in [4.69, 9.17) is 16.3 Å². The van der Waals surface area contributed by atoms with Gasteiger partial charge < -0.3 is 10.1 Å². The highest BCUT2D eigenvalue weighted by molar-refractivity contribution is 6.30. The Morgan fingerprint density at radius 3 is 2.93 bits per heavy atom. The summed E-state index contributed by atoms with van der Waals surface area (Å²) in [7, 11) is 0. The Bertz CT molecular complexity index is 397. The molecule has 1 heterocycles. The Labute approximate surface area is 91.2 Å². The van der Waals surface area contributed by atoms with Gasteiger partial charge in [-0.3, -0.25) is 4.79 Å². The molecule has 1 N–H and O–H groups in total. The maximum Gasteiger partial charge on any atom is 0.261 e. The largest absolute Gasteiger partial charge is 0.480 e. The third-order valence-corrected chi connectivity index (χ3v) is 2.47. The number of ether oxygens (including phenoxy) is 1. The minimum absolute atomic E-state index is 0.0400. The number of carbonyl (C=O) groups is 1. The van der Waals surface area contributed by atoms with Gasteiger partial charge in [0.25, 0.3) is 5.91 Å². The van der Waals surface area contributed by atoms with Gasteiger partial charge in [0.2, 0.25) is 0 Å². The van der Waals surface area contributed by atoms with E-state index in [1.165, 1.54) is 18.2 Å². The second-order valence-electron chi connectivity index (χ2n) is 3.26. The molecule has 0 radical (unpaired) electrons. The summed E-state index contributed by atoms with van der Waals surface area (Å²) in [5.41, 5.74) is 0. The number of halogens is 2. The first-order valence-electron chi connectivity index (χ1n) is 4.56. The fourth-order valence-electron chi connectivity index (χ4n) is 1.40. The van der Waals surface area contributed by atoms with E-state index in [0.717, 1.165) is 0 Å². The van der Waals surface area contributed by atoms with Crippen LogP contribution in [0.25, 0.3) is 0 Å². The zero-order valence-electron chi connectivity index (χ0n) is 7.80. The van der Waals surface area contributed by atoms with Crippen LogP contribution in [0.3, 0.4) is 0 Å². The third kappa shape index (κ3) is 2.21. The van der Waals surface area contributed by atoms with Gasteiger partial charge >= 0.3 is 0 Å². The molecule has 5 heteroatoms. The van der Waals surface area contributed by atoms with Crippen LogP contribution >= 0.6 is 11.6 Å². The number of nitrogens with one attached hydrogen (secondary N) is 1. The highest BCUT2D eigenvalue weighted by Crippen LogP contribution is 2.22. The SMILES string of the molecule is O=C1NCCC1Oc1ccc(Cl)c(F)c1. The number of benzene rings is 1. The van der Waals surface area contributed by atoms with E-state index in [9.17, 15) is 9.18 Å². The van der Waals surface area contributed by atoms with Crippen molar-refractivity contribution in [1.29, 1.82) is 0 Å². The van der Waals surface area contributed by atoms with Crippen LogP contribution in [0, 0.1) is 5.82 Å². The first-order chi connectivity index (χ1) is 7.16. The van der Waals surface area contributed by atoms with Gasteiger partial charge in [-0.1, -0.05) is 11.6 Å². The summed E-state index contributed by atoms with van der Waals surface area (Å²) in [5, 5.41) is 2.67. The van der Waals surface area contributed by atoms with Crippen LogP contribution in [-0.4, -0.2) is 18.6 Å². The van der Waals surface area contributed by atoms with Crippen molar-refractivity contribution >= 4 is 17.5 Å². The van der Waals surface area contributed by atoms with Crippen LogP contribution in [0.5, 0.6) is 5.75 Å². The number of amides is 1. The summed E-state index contributed by atoms with van der Waals surface area (Å²) in [5.74, 6) is -0.392. The van der Waals surface area contributed by atoms with Gasteiger partial charge in [-0.05, 0) is 12.1 Å². The molecule has 0 aromatic heterocycles. The van der Waals surface area contributed by atoms with Crippen LogP contribution in [0.2, 0.25) is 5.02 Å². The molecule has 0 aliphatic carbocycles. The normalized spacial score (nSPS) is 20.1. The predicted octanol–water partition coefficient (Wildman–Crippen LogP) is 1.75. The minimum atomic E-state index is -0.549. The molecule has 80 valence electrons. The second-order valence-corrected chi connectivity index (χ2v) is 3.67. The van der Waals surface area contributed by atoms with Crippen molar-refractivity contribution in [2.45, 2.75) is 12.5 Å². The zero-order valence-corrected chi connectivity index (χ0v) is 8.55. The summed E-state index contributed by atoms with van der Waals surface area (Å²) in [4.78, 5) is 11.2. The Balaban J connectivity index is 2.10. The molecule has 1 unspecified atom stereocenters. The Morgan fingerprint density at radius 1 is 1.53 bits per heavy atom. The fourth-order valence-corrected chi connectivity index (χ4v) is 1.52. The average Bonchev–Trinajstić information content (AvgIpc) is 2.59. The van der Waals surface area contributed by atoms with E-state index >= 15 is 0 Å². The van der Waals surface area contributed by atoms with Gasteiger partial charge in [0, 0.05) is 19.0 Å².